The van der Waals surface area contributed by atoms with E-state index in [2.05, 4.69) is 15.3 Å². The molecule has 1 heterocycles. The Morgan fingerprint density at radius 1 is 1.33 bits per heavy atom. The molecule has 0 unspecified atom stereocenters. The molecule has 0 atom stereocenters. The van der Waals surface area contributed by atoms with E-state index in [0.29, 0.717) is 10.9 Å². The summed E-state index contributed by atoms with van der Waals surface area (Å²) < 4.78 is 0. The lowest BCUT2D eigenvalue weighted by Crippen LogP contribution is -2.31. The largest absolute Gasteiger partial charge is 0.343 e. The molecule has 0 saturated carbocycles. The molecular formula is C12H20N4OS. The molecule has 0 saturated heterocycles. The lowest BCUT2D eigenvalue weighted by atomic mass is 10.3. The summed E-state index contributed by atoms with van der Waals surface area (Å²) in [7, 11) is 1.88. The summed E-state index contributed by atoms with van der Waals surface area (Å²) in [6.07, 6.45) is 3.57. The summed E-state index contributed by atoms with van der Waals surface area (Å²) in [5.41, 5.74) is 1.04. The van der Waals surface area contributed by atoms with E-state index in [0.717, 1.165) is 25.2 Å². The van der Waals surface area contributed by atoms with Gasteiger partial charge in [0.25, 0.3) is 0 Å². The van der Waals surface area contributed by atoms with Gasteiger partial charge < -0.3 is 10.2 Å². The highest BCUT2D eigenvalue weighted by atomic mass is 32.2. The minimum atomic E-state index is 0.132. The van der Waals surface area contributed by atoms with Gasteiger partial charge in [0.05, 0.1) is 5.75 Å². The van der Waals surface area contributed by atoms with E-state index >= 15 is 0 Å². The van der Waals surface area contributed by atoms with Crippen LogP contribution in [0.4, 0.5) is 0 Å². The number of nitrogens with zero attached hydrogens (tertiary/aromatic N) is 3. The Morgan fingerprint density at radius 3 is 2.44 bits per heavy atom. The molecule has 0 fully saturated rings. The average molecular weight is 268 g/mol. The van der Waals surface area contributed by atoms with Gasteiger partial charge in [0, 0.05) is 37.6 Å². The number of hydrogen-bond donors (Lipinski definition) is 1. The van der Waals surface area contributed by atoms with Crippen LogP contribution < -0.4 is 5.32 Å². The monoisotopic (exact) mass is 268 g/mol. The Balaban J connectivity index is 2.45. The Hall–Kier alpha value is -1.14. The molecule has 0 spiro atoms. The Labute approximate surface area is 112 Å². The molecule has 5 nitrogen and oxygen atoms in total. The summed E-state index contributed by atoms with van der Waals surface area (Å²) in [4.78, 5) is 22.0. The maximum absolute atomic E-state index is 11.8. The van der Waals surface area contributed by atoms with Gasteiger partial charge in [0.2, 0.25) is 5.91 Å². The first-order chi connectivity index (χ1) is 8.71. The van der Waals surface area contributed by atoms with Crippen molar-refractivity contribution in [2.75, 3.05) is 25.9 Å². The fraction of sp³-hybridized carbons (Fsp3) is 0.583. The third-order valence-electron chi connectivity index (χ3n) is 2.50. The second-order valence-corrected chi connectivity index (χ2v) is 4.70. The average Bonchev–Trinajstić information content (AvgIpc) is 2.40. The number of rotatable bonds is 7. The molecule has 1 amide bonds. The van der Waals surface area contributed by atoms with Crippen molar-refractivity contribution in [1.82, 2.24) is 20.2 Å². The van der Waals surface area contributed by atoms with Crippen LogP contribution in [-0.4, -0.2) is 46.7 Å². The normalized spacial score (nSPS) is 10.4. The predicted octanol–water partition coefficient (Wildman–Crippen LogP) is 1.16. The molecule has 0 aliphatic carbocycles. The van der Waals surface area contributed by atoms with Crippen LogP contribution in [0.25, 0.3) is 0 Å². The Morgan fingerprint density at radius 2 is 1.94 bits per heavy atom. The second-order valence-electron chi connectivity index (χ2n) is 3.76. The molecule has 1 aromatic rings. The standard InChI is InChI=1S/C12H20N4OS/c1-4-16(5-2)11(17)9-18-12-14-7-10(6-13-3)8-15-12/h7-8,13H,4-6,9H2,1-3H3. The van der Waals surface area contributed by atoms with Gasteiger partial charge in [-0.15, -0.1) is 0 Å². The first-order valence-corrected chi connectivity index (χ1v) is 7.05. The van der Waals surface area contributed by atoms with E-state index in [1.807, 2.05) is 25.8 Å². The highest BCUT2D eigenvalue weighted by Gasteiger charge is 2.10. The van der Waals surface area contributed by atoms with Crippen molar-refractivity contribution in [3.05, 3.63) is 18.0 Å². The van der Waals surface area contributed by atoms with E-state index in [4.69, 9.17) is 0 Å². The Kier molecular flexibility index (Phi) is 6.67. The van der Waals surface area contributed by atoms with Crippen LogP contribution in [0.1, 0.15) is 19.4 Å². The Bertz CT molecular complexity index is 365. The molecule has 100 valence electrons. The molecule has 18 heavy (non-hydrogen) atoms. The van der Waals surface area contributed by atoms with Gasteiger partial charge in [-0.3, -0.25) is 4.79 Å². The molecule has 0 radical (unpaired) electrons. The van der Waals surface area contributed by atoms with Gasteiger partial charge in [-0.1, -0.05) is 11.8 Å². The van der Waals surface area contributed by atoms with E-state index in [9.17, 15) is 4.79 Å². The van der Waals surface area contributed by atoms with Crippen LogP contribution in [0.15, 0.2) is 17.6 Å². The van der Waals surface area contributed by atoms with Crippen LogP contribution in [0.2, 0.25) is 0 Å². The van der Waals surface area contributed by atoms with Crippen LogP contribution in [0, 0.1) is 0 Å². The topological polar surface area (TPSA) is 58.1 Å². The molecule has 1 aromatic heterocycles. The van der Waals surface area contributed by atoms with Crippen molar-refractivity contribution in [3.63, 3.8) is 0 Å². The van der Waals surface area contributed by atoms with Gasteiger partial charge in [-0.25, -0.2) is 9.97 Å². The van der Waals surface area contributed by atoms with Gasteiger partial charge >= 0.3 is 0 Å². The highest BCUT2D eigenvalue weighted by molar-refractivity contribution is 7.99. The number of hydrogen-bond acceptors (Lipinski definition) is 5. The summed E-state index contributed by atoms with van der Waals surface area (Å²) in [6.45, 7) is 6.21. The van der Waals surface area contributed by atoms with Gasteiger partial charge in [0.1, 0.15) is 0 Å². The van der Waals surface area contributed by atoms with Crippen molar-refractivity contribution in [2.24, 2.45) is 0 Å². The number of carbonyl (C=O) groups excluding carboxylic acids is 1. The van der Waals surface area contributed by atoms with Gasteiger partial charge in [0.15, 0.2) is 5.16 Å². The number of thioether (sulfide) groups is 1. The van der Waals surface area contributed by atoms with E-state index < -0.39 is 0 Å². The van der Waals surface area contributed by atoms with Crippen LogP contribution >= 0.6 is 11.8 Å². The quantitative estimate of drug-likeness (QED) is 0.594. The molecule has 0 aliphatic rings. The molecule has 1 N–H and O–H groups in total. The van der Waals surface area contributed by atoms with Crippen LogP contribution in [0.5, 0.6) is 0 Å². The van der Waals surface area contributed by atoms with Crippen molar-refractivity contribution in [3.8, 4) is 0 Å². The van der Waals surface area contributed by atoms with Crippen molar-refractivity contribution < 1.29 is 4.79 Å². The minimum Gasteiger partial charge on any atom is -0.343 e. The maximum Gasteiger partial charge on any atom is 0.233 e. The number of amides is 1. The summed E-state index contributed by atoms with van der Waals surface area (Å²) >= 11 is 1.38. The zero-order valence-corrected chi connectivity index (χ0v) is 12.0. The van der Waals surface area contributed by atoms with E-state index in [-0.39, 0.29) is 5.91 Å². The SMILES string of the molecule is CCN(CC)C(=O)CSc1ncc(CNC)cn1. The molecule has 6 heteroatoms. The van der Waals surface area contributed by atoms with E-state index in [1.165, 1.54) is 11.8 Å². The fourth-order valence-electron chi connectivity index (χ4n) is 1.51. The summed E-state index contributed by atoms with van der Waals surface area (Å²) in [5.74, 6) is 0.528. The highest BCUT2D eigenvalue weighted by Crippen LogP contribution is 2.12. The molecule has 0 aliphatic heterocycles. The van der Waals surface area contributed by atoms with Crippen molar-refractivity contribution >= 4 is 17.7 Å². The van der Waals surface area contributed by atoms with Crippen molar-refractivity contribution in [1.29, 1.82) is 0 Å². The van der Waals surface area contributed by atoms with Crippen LogP contribution in [0.3, 0.4) is 0 Å². The third-order valence-corrected chi connectivity index (χ3v) is 3.36. The number of aromatic nitrogens is 2. The molecule has 0 aromatic carbocycles. The van der Waals surface area contributed by atoms with Gasteiger partial charge in [-0.05, 0) is 20.9 Å². The van der Waals surface area contributed by atoms with Crippen molar-refractivity contribution in [2.45, 2.75) is 25.5 Å². The first kappa shape index (κ1) is 14.9. The second kappa shape index (κ2) is 8.05. The predicted molar refractivity (Wildman–Crippen MR) is 73.4 cm³/mol. The lowest BCUT2D eigenvalue weighted by molar-refractivity contribution is -0.127. The van der Waals surface area contributed by atoms with E-state index in [1.54, 1.807) is 12.4 Å². The molecule has 0 bridgehead atoms. The smallest absolute Gasteiger partial charge is 0.233 e. The molecule has 1 rings (SSSR count). The molecular weight excluding hydrogens is 248 g/mol. The zero-order chi connectivity index (χ0) is 13.4. The summed E-state index contributed by atoms with van der Waals surface area (Å²) in [5, 5.41) is 3.68. The number of nitrogens with one attached hydrogen (secondary N) is 1. The fourth-order valence-corrected chi connectivity index (χ4v) is 2.20. The first-order valence-electron chi connectivity index (χ1n) is 6.07. The third kappa shape index (κ3) is 4.62. The maximum atomic E-state index is 11.8. The lowest BCUT2D eigenvalue weighted by Gasteiger charge is -2.17. The number of carbonyl (C=O) groups is 1. The van der Waals surface area contributed by atoms with Gasteiger partial charge in [-0.2, -0.15) is 0 Å². The van der Waals surface area contributed by atoms with Crippen LogP contribution in [-0.2, 0) is 11.3 Å². The summed E-state index contributed by atoms with van der Waals surface area (Å²) in [6, 6.07) is 0. The minimum absolute atomic E-state index is 0.132. The zero-order valence-electron chi connectivity index (χ0n) is 11.1.